The Bertz CT molecular complexity index is 866. The second-order valence-electron chi connectivity index (χ2n) is 5.62. The number of ether oxygens (including phenoxy) is 1. The van der Waals surface area contributed by atoms with E-state index >= 15 is 0 Å². The number of methoxy groups -OCH3 is 1. The molecular formula is C17H19F2NO3S. The molecule has 2 aromatic carbocycles. The fraction of sp³-hybridized carbons (Fsp3) is 0.294. The summed E-state index contributed by atoms with van der Waals surface area (Å²) in [5.41, 5.74) is 1.25. The standard InChI is InChI=1S/C17H19F2NO3S/c1-10-7-13(19)8-14(17(10)23-3)11(2)20-15-9-12(18)5-6-16(15)24(4,21)22/h5-9,11,20H,1-4H3. The van der Waals surface area contributed by atoms with Gasteiger partial charge in [0.15, 0.2) is 9.84 Å². The van der Waals surface area contributed by atoms with E-state index in [0.717, 1.165) is 18.4 Å². The lowest BCUT2D eigenvalue weighted by Crippen LogP contribution is -2.12. The van der Waals surface area contributed by atoms with E-state index in [1.807, 2.05) is 0 Å². The highest BCUT2D eigenvalue weighted by atomic mass is 32.2. The highest BCUT2D eigenvalue weighted by molar-refractivity contribution is 7.90. The predicted octanol–water partition coefficient (Wildman–Crippen LogP) is 3.86. The van der Waals surface area contributed by atoms with Gasteiger partial charge in [-0.05, 0) is 49.7 Å². The molecule has 24 heavy (non-hydrogen) atoms. The second-order valence-corrected chi connectivity index (χ2v) is 7.61. The number of benzene rings is 2. The van der Waals surface area contributed by atoms with Crippen molar-refractivity contribution in [3.63, 3.8) is 0 Å². The maximum Gasteiger partial charge on any atom is 0.177 e. The van der Waals surface area contributed by atoms with Gasteiger partial charge in [0.2, 0.25) is 0 Å². The van der Waals surface area contributed by atoms with Gasteiger partial charge in [-0.3, -0.25) is 0 Å². The van der Waals surface area contributed by atoms with Crippen molar-refractivity contribution in [2.75, 3.05) is 18.7 Å². The van der Waals surface area contributed by atoms with Crippen molar-refractivity contribution >= 4 is 15.5 Å². The van der Waals surface area contributed by atoms with Gasteiger partial charge in [-0.2, -0.15) is 0 Å². The lowest BCUT2D eigenvalue weighted by atomic mass is 10.0. The first-order valence-corrected chi connectivity index (χ1v) is 9.12. The Kier molecular flexibility index (Phi) is 5.13. The van der Waals surface area contributed by atoms with Gasteiger partial charge in [0, 0.05) is 11.8 Å². The first-order valence-electron chi connectivity index (χ1n) is 7.23. The zero-order valence-electron chi connectivity index (χ0n) is 13.9. The molecule has 1 atom stereocenters. The minimum absolute atomic E-state index is 0.0251. The molecule has 0 saturated heterocycles. The number of rotatable bonds is 5. The molecule has 0 radical (unpaired) electrons. The number of sulfone groups is 1. The number of aryl methyl sites for hydroxylation is 1. The summed E-state index contributed by atoms with van der Waals surface area (Å²) in [5.74, 6) is -0.507. The van der Waals surface area contributed by atoms with Crippen LogP contribution in [-0.2, 0) is 9.84 Å². The predicted molar refractivity (Wildman–Crippen MR) is 89.2 cm³/mol. The van der Waals surface area contributed by atoms with E-state index in [1.54, 1.807) is 13.8 Å². The fourth-order valence-corrected chi connectivity index (χ4v) is 3.44. The first kappa shape index (κ1) is 18.2. The van der Waals surface area contributed by atoms with Crippen LogP contribution in [0.1, 0.15) is 24.1 Å². The molecule has 1 N–H and O–H groups in total. The Balaban J connectivity index is 2.48. The van der Waals surface area contributed by atoms with E-state index in [9.17, 15) is 17.2 Å². The molecule has 4 nitrogen and oxygen atoms in total. The van der Waals surface area contributed by atoms with Crippen LogP contribution in [-0.4, -0.2) is 21.8 Å². The quantitative estimate of drug-likeness (QED) is 0.828. The van der Waals surface area contributed by atoms with E-state index in [4.69, 9.17) is 4.74 Å². The minimum atomic E-state index is -3.54. The minimum Gasteiger partial charge on any atom is -0.496 e. The lowest BCUT2D eigenvalue weighted by molar-refractivity contribution is 0.403. The van der Waals surface area contributed by atoms with Gasteiger partial charge in [0.25, 0.3) is 0 Å². The molecule has 1 unspecified atom stereocenters. The van der Waals surface area contributed by atoms with Crippen molar-refractivity contribution < 1.29 is 21.9 Å². The molecule has 0 aliphatic heterocycles. The maximum atomic E-state index is 13.7. The molecule has 2 aromatic rings. The Morgan fingerprint density at radius 1 is 1.12 bits per heavy atom. The third-order valence-electron chi connectivity index (χ3n) is 3.65. The highest BCUT2D eigenvalue weighted by Crippen LogP contribution is 2.33. The van der Waals surface area contributed by atoms with Crippen LogP contribution in [0, 0.1) is 18.6 Å². The normalized spacial score (nSPS) is 12.8. The molecule has 0 heterocycles. The molecular weight excluding hydrogens is 336 g/mol. The number of halogens is 2. The molecule has 0 fully saturated rings. The molecule has 7 heteroatoms. The monoisotopic (exact) mass is 355 g/mol. The van der Waals surface area contributed by atoms with Crippen LogP contribution in [0.3, 0.4) is 0 Å². The summed E-state index contributed by atoms with van der Waals surface area (Å²) in [4.78, 5) is -0.0251. The average Bonchev–Trinajstić information content (AvgIpc) is 2.45. The van der Waals surface area contributed by atoms with Crippen LogP contribution in [0.25, 0.3) is 0 Å². The molecule has 0 saturated carbocycles. The molecule has 0 aliphatic rings. The van der Waals surface area contributed by atoms with Crippen LogP contribution >= 0.6 is 0 Å². The van der Waals surface area contributed by atoms with E-state index in [0.29, 0.717) is 16.9 Å². The Hall–Kier alpha value is -2.15. The average molecular weight is 355 g/mol. The largest absolute Gasteiger partial charge is 0.496 e. The van der Waals surface area contributed by atoms with Gasteiger partial charge in [0.1, 0.15) is 17.4 Å². The van der Waals surface area contributed by atoms with Crippen molar-refractivity contribution in [3.05, 3.63) is 53.1 Å². The van der Waals surface area contributed by atoms with Crippen LogP contribution in [0.15, 0.2) is 35.2 Å². The number of hydrogen-bond acceptors (Lipinski definition) is 4. The smallest absolute Gasteiger partial charge is 0.177 e. The van der Waals surface area contributed by atoms with Crippen molar-refractivity contribution in [3.8, 4) is 5.75 Å². The molecule has 0 aromatic heterocycles. The first-order chi connectivity index (χ1) is 11.1. The Labute approximate surface area is 140 Å². The lowest BCUT2D eigenvalue weighted by Gasteiger charge is -2.21. The maximum absolute atomic E-state index is 13.7. The van der Waals surface area contributed by atoms with Gasteiger partial charge in [-0.25, -0.2) is 17.2 Å². The molecule has 0 amide bonds. The van der Waals surface area contributed by atoms with Gasteiger partial charge >= 0.3 is 0 Å². The summed E-state index contributed by atoms with van der Waals surface area (Å²) in [7, 11) is -2.07. The van der Waals surface area contributed by atoms with Crippen molar-refractivity contribution in [1.29, 1.82) is 0 Å². The van der Waals surface area contributed by atoms with Crippen LogP contribution in [0.4, 0.5) is 14.5 Å². The van der Waals surface area contributed by atoms with Gasteiger partial charge < -0.3 is 10.1 Å². The van der Waals surface area contributed by atoms with Gasteiger partial charge in [-0.15, -0.1) is 0 Å². The summed E-state index contributed by atoms with van der Waals surface area (Å²) in [6.07, 6.45) is 1.04. The number of anilines is 1. The van der Waals surface area contributed by atoms with Crippen LogP contribution in [0.2, 0.25) is 0 Å². The molecule has 130 valence electrons. The summed E-state index contributed by atoms with van der Waals surface area (Å²) in [6, 6.07) is 5.54. The zero-order chi connectivity index (χ0) is 18.1. The third-order valence-corrected chi connectivity index (χ3v) is 4.81. The van der Waals surface area contributed by atoms with E-state index in [-0.39, 0.29) is 10.6 Å². The SMILES string of the molecule is COc1c(C)cc(F)cc1C(C)Nc1cc(F)ccc1S(C)(=O)=O. The van der Waals surface area contributed by atoms with Crippen LogP contribution < -0.4 is 10.1 Å². The number of nitrogens with one attached hydrogen (secondary N) is 1. The fourth-order valence-electron chi connectivity index (χ4n) is 2.61. The molecule has 2 rings (SSSR count). The van der Waals surface area contributed by atoms with Crippen molar-refractivity contribution in [2.45, 2.75) is 24.8 Å². The summed E-state index contributed by atoms with van der Waals surface area (Å²) >= 11 is 0. The highest BCUT2D eigenvalue weighted by Gasteiger charge is 2.19. The third kappa shape index (κ3) is 3.84. The van der Waals surface area contributed by atoms with Crippen LogP contribution in [0.5, 0.6) is 5.75 Å². The molecule has 0 bridgehead atoms. The van der Waals surface area contributed by atoms with E-state index in [2.05, 4.69) is 5.32 Å². The molecule has 0 aliphatic carbocycles. The Morgan fingerprint density at radius 2 is 1.79 bits per heavy atom. The second kappa shape index (κ2) is 6.76. The van der Waals surface area contributed by atoms with E-state index < -0.39 is 27.5 Å². The summed E-state index contributed by atoms with van der Waals surface area (Å²) in [5, 5.41) is 2.94. The zero-order valence-corrected chi connectivity index (χ0v) is 14.7. The van der Waals surface area contributed by atoms with Gasteiger partial charge in [-0.1, -0.05) is 0 Å². The van der Waals surface area contributed by atoms with E-state index in [1.165, 1.54) is 25.3 Å². The topological polar surface area (TPSA) is 55.4 Å². The summed E-state index contributed by atoms with van der Waals surface area (Å²) in [6.45, 7) is 3.43. The summed E-state index contributed by atoms with van der Waals surface area (Å²) < 4.78 is 56.3. The number of hydrogen-bond donors (Lipinski definition) is 1. The van der Waals surface area contributed by atoms with Gasteiger partial charge in [0.05, 0.1) is 23.7 Å². The van der Waals surface area contributed by atoms with Crippen molar-refractivity contribution in [2.24, 2.45) is 0 Å². The molecule has 0 spiro atoms. The van der Waals surface area contributed by atoms with Crippen molar-refractivity contribution in [1.82, 2.24) is 0 Å². The Morgan fingerprint density at radius 3 is 2.38 bits per heavy atom.